The maximum atomic E-state index is 11.4. The van der Waals surface area contributed by atoms with Gasteiger partial charge < -0.3 is 4.74 Å². The van der Waals surface area contributed by atoms with Crippen LogP contribution in [0.15, 0.2) is 18.2 Å². The molecule has 0 saturated carbocycles. The Hall–Kier alpha value is -1.31. The minimum absolute atomic E-state index is 0.101. The van der Waals surface area contributed by atoms with Crippen LogP contribution in [0.4, 0.5) is 0 Å². The molecule has 0 saturated heterocycles. The third-order valence-corrected chi connectivity index (χ3v) is 3.46. The van der Waals surface area contributed by atoms with E-state index in [1.807, 2.05) is 13.8 Å². The van der Waals surface area contributed by atoms with Gasteiger partial charge >= 0.3 is 5.97 Å². The SMILES string of the molecule is CCC(=O)OC1(C)Cc2ccc(CC)cc2C1. The first-order valence-electron chi connectivity index (χ1n) is 6.39. The molecule has 0 aromatic heterocycles. The van der Waals surface area contributed by atoms with Gasteiger partial charge in [-0.25, -0.2) is 0 Å². The molecule has 0 bridgehead atoms. The van der Waals surface area contributed by atoms with Crippen molar-refractivity contribution in [3.8, 4) is 0 Å². The maximum Gasteiger partial charge on any atom is 0.306 e. The van der Waals surface area contributed by atoms with Crippen molar-refractivity contribution in [3.63, 3.8) is 0 Å². The van der Waals surface area contributed by atoms with Crippen molar-refractivity contribution in [1.29, 1.82) is 0 Å². The first kappa shape index (κ1) is 12.2. The Balaban J connectivity index is 2.17. The first-order chi connectivity index (χ1) is 8.06. The summed E-state index contributed by atoms with van der Waals surface area (Å²) in [6, 6.07) is 6.60. The summed E-state index contributed by atoms with van der Waals surface area (Å²) in [4.78, 5) is 11.4. The minimum Gasteiger partial charge on any atom is -0.459 e. The van der Waals surface area contributed by atoms with Crippen LogP contribution in [0.2, 0.25) is 0 Å². The molecule has 92 valence electrons. The van der Waals surface area contributed by atoms with Crippen LogP contribution in [0.5, 0.6) is 0 Å². The van der Waals surface area contributed by atoms with Gasteiger partial charge in [-0.05, 0) is 30.0 Å². The monoisotopic (exact) mass is 232 g/mol. The Labute approximate surface area is 103 Å². The summed E-state index contributed by atoms with van der Waals surface area (Å²) in [6.45, 7) is 6.03. The van der Waals surface area contributed by atoms with Crippen LogP contribution in [0.3, 0.4) is 0 Å². The predicted octanol–water partition coefficient (Wildman–Crippen LogP) is 3.06. The number of benzene rings is 1. The minimum atomic E-state index is -0.332. The van der Waals surface area contributed by atoms with E-state index in [-0.39, 0.29) is 11.6 Å². The molecule has 1 aliphatic carbocycles. The lowest BCUT2D eigenvalue weighted by molar-refractivity contribution is -0.156. The van der Waals surface area contributed by atoms with E-state index in [1.54, 1.807) is 0 Å². The van der Waals surface area contributed by atoms with Gasteiger partial charge in [0, 0.05) is 19.3 Å². The highest BCUT2D eigenvalue weighted by Crippen LogP contribution is 2.33. The van der Waals surface area contributed by atoms with Gasteiger partial charge in [0.15, 0.2) is 0 Å². The number of carbonyl (C=O) groups excluding carboxylic acids is 1. The summed E-state index contributed by atoms with van der Waals surface area (Å²) >= 11 is 0. The fourth-order valence-corrected chi connectivity index (χ4v) is 2.52. The third kappa shape index (κ3) is 2.51. The van der Waals surface area contributed by atoms with Crippen LogP contribution in [0.25, 0.3) is 0 Å². The van der Waals surface area contributed by atoms with Gasteiger partial charge in [-0.2, -0.15) is 0 Å². The number of hydrogen-bond donors (Lipinski definition) is 0. The number of carbonyl (C=O) groups is 1. The average molecular weight is 232 g/mol. The second kappa shape index (κ2) is 4.52. The molecule has 2 heteroatoms. The third-order valence-electron chi connectivity index (χ3n) is 3.46. The molecule has 1 aromatic rings. The highest BCUT2D eigenvalue weighted by Gasteiger charge is 2.36. The molecule has 0 aliphatic heterocycles. The highest BCUT2D eigenvalue weighted by atomic mass is 16.6. The van der Waals surface area contributed by atoms with E-state index in [1.165, 1.54) is 16.7 Å². The van der Waals surface area contributed by atoms with Crippen LogP contribution < -0.4 is 0 Å². The standard InChI is InChI=1S/C15H20O2/c1-4-11-6-7-12-9-15(3,10-13(12)8-11)17-14(16)5-2/h6-8H,4-5,9-10H2,1-3H3. The van der Waals surface area contributed by atoms with Gasteiger partial charge in [0.05, 0.1) is 0 Å². The van der Waals surface area contributed by atoms with E-state index in [0.29, 0.717) is 6.42 Å². The fraction of sp³-hybridized carbons (Fsp3) is 0.533. The summed E-state index contributed by atoms with van der Waals surface area (Å²) in [5, 5.41) is 0. The maximum absolute atomic E-state index is 11.4. The van der Waals surface area contributed by atoms with E-state index in [0.717, 1.165) is 19.3 Å². The summed E-state index contributed by atoms with van der Waals surface area (Å²) in [5.74, 6) is -0.101. The Kier molecular flexibility index (Phi) is 3.23. The molecule has 0 radical (unpaired) electrons. The fourth-order valence-electron chi connectivity index (χ4n) is 2.52. The topological polar surface area (TPSA) is 26.3 Å². The van der Waals surface area contributed by atoms with Crippen molar-refractivity contribution >= 4 is 5.97 Å². The van der Waals surface area contributed by atoms with Crippen molar-refractivity contribution in [3.05, 3.63) is 34.9 Å². The molecule has 0 heterocycles. The van der Waals surface area contributed by atoms with Crippen molar-refractivity contribution in [2.45, 2.75) is 52.1 Å². The average Bonchev–Trinajstić information content (AvgIpc) is 2.63. The summed E-state index contributed by atoms with van der Waals surface area (Å²) in [5.41, 5.74) is 3.70. The Morgan fingerprint density at radius 2 is 2.00 bits per heavy atom. The molecule has 2 nitrogen and oxygen atoms in total. The Bertz CT molecular complexity index is 437. The second-order valence-corrected chi connectivity index (χ2v) is 5.09. The van der Waals surface area contributed by atoms with Gasteiger partial charge in [-0.15, -0.1) is 0 Å². The van der Waals surface area contributed by atoms with Crippen LogP contribution >= 0.6 is 0 Å². The van der Waals surface area contributed by atoms with Crippen molar-refractivity contribution in [2.24, 2.45) is 0 Å². The summed E-state index contributed by atoms with van der Waals surface area (Å²) in [7, 11) is 0. The number of esters is 1. The molecule has 1 unspecified atom stereocenters. The molecule has 0 fully saturated rings. The zero-order valence-corrected chi connectivity index (χ0v) is 10.9. The lowest BCUT2D eigenvalue weighted by atomic mass is 10.0. The van der Waals surface area contributed by atoms with Gasteiger partial charge in [0.25, 0.3) is 0 Å². The molecular formula is C15H20O2. The largest absolute Gasteiger partial charge is 0.459 e. The van der Waals surface area contributed by atoms with Crippen molar-refractivity contribution in [2.75, 3.05) is 0 Å². The number of ether oxygens (including phenoxy) is 1. The second-order valence-electron chi connectivity index (χ2n) is 5.09. The van der Waals surface area contributed by atoms with E-state index < -0.39 is 0 Å². The van der Waals surface area contributed by atoms with Crippen LogP contribution in [0, 0.1) is 0 Å². The van der Waals surface area contributed by atoms with Gasteiger partial charge in [-0.1, -0.05) is 32.0 Å². The van der Waals surface area contributed by atoms with E-state index in [9.17, 15) is 4.79 Å². The highest BCUT2D eigenvalue weighted by molar-refractivity contribution is 5.69. The van der Waals surface area contributed by atoms with E-state index in [2.05, 4.69) is 25.1 Å². The number of aryl methyl sites for hydroxylation is 1. The molecule has 1 atom stereocenters. The quantitative estimate of drug-likeness (QED) is 0.749. The molecular weight excluding hydrogens is 212 g/mol. The van der Waals surface area contributed by atoms with E-state index in [4.69, 9.17) is 4.74 Å². The summed E-state index contributed by atoms with van der Waals surface area (Å²) < 4.78 is 5.57. The van der Waals surface area contributed by atoms with Crippen molar-refractivity contribution in [1.82, 2.24) is 0 Å². The number of rotatable bonds is 3. The molecule has 0 amide bonds. The molecule has 0 spiro atoms. The molecule has 0 N–H and O–H groups in total. The molecule has 2 rings (SSSR count). The Morgan fingerprint density at radius 1 is 1.29 bits per heavy atom. The van der Waals surface area contributed by atoms with E-state index >= 15 is 0 Å². The Morgan fingerprint density at radius 3 is 2.65 bits per heavy atom. The summed E-state index contributed by atoms with van der Waals surface area (Å²) in [6.07, 6.45) is 3.20. The first-order valence-corrected chi connectivity index (χ1v) is 6.39. The zero-order chi connectivity index (χ0) is 12.5. The van der Waals surface area contributed by atoms with Gasteiger partial charge in [0.1, 0.15) is 5.60 Å². The number of hydrogen-bond acceptors (Lipinski definition) is 2. The molecule has 1 aliphatic rings. The lowest BCUT2D eigenvalue weighted by Gasteiger charge is -2.23. The van der Waals surface area contributed by atoms with Gasteiger partial charge in [0.2, 0.25) is 0 Å². The normalized spacial score (nSPS) is 22.3. The van der Waals surface area contributed by atoms with Crippen molar-refractivity contribution < 1.29 is 9.53 Å². The van der Waals surface area contributed by atoms with Crippen LogP contribution in [0.1, 0.15) is 43.9 Å². The zero-order valence-electron chi connectivity index (χ0n) is 10.9. The molecule has 17 heavy (non-hydrogen) atoms. The molecule has 1 aromatic carbocycles. The van der Waals surface area contributed by atoms with Crippen LogP contribution in [-0.4, -0.2) is 11.6 Å². The smallest absolute Gasteiger partial charge is 0.306 e. The van der Waals surface area contributed by atoms with Crippen LogP contribution in [-0.2, 0) is 28.8 Å². The number of fused-ring (bicyclic) bond motifs is 1. The lowest BCUT2D eigenvalue weighted by Crippen LogP contribution is -2.32. The van der Waals surface area contributed by atoms with Gasteiger partial charge in [-0.3, -0.25) is 4.79 Å². The predicted molar refractivity (Wildman–Crippen MR) is 68.0 cm³/mol.